The molecule has 0 heterocycles. The van der Waals surface area contributed by atoms with Gasteiger partial charge < -0.3 is 20.5 Å². The van der Waals surface area contributed by atoms with Crippen molar-refractivity contribution in [1.82, 2.24) is 5.32 Å². The Morgan fingerprint density at radius 1 is 1.22 bits per heavy atom. The maximum atomic E-state index is 11.2. The van der Waals surface area contributed by atoms with Crippen LogP contribution in [0.5, 0.6) is 0 Å². The molecule has 0 radical (unpaired) electrons. The molecule has 0 aromatic heterocycles. The maximum Gasteiger partial charge on any atom is 0.404 e. The summed E-state index contributed by atoms with van der Waals surface area (Å²) in [6.07, 6.45) is 5.99. The summed E-state index contributed by atoms with van der Waals surface area (Å²) >= 11 is 0. The Balaban J connectivity index is 3.48. The molecule has 0 aromatic rings. The Bertz CT molecular complexity index is 311. The lowest BCUT2D eigenvalue weighted by atomic mass is 10.4. The molecule has 0 spiro atoms. The van der Waals surface area contributed by atoms with E-state index in [1.807, 2.05) is 13.8 Å². The third kappa shape index (κ3) is 12.3. The number of nitrogens with two attached hydrogens (primary N) is 1. The second kappa shape index (κ2) is 10.3. The lowest BCUT2D eigenvalue weighted by Crippen LogP contribution is -2.33. The Kier molecular flexibility index (Phi) is 9.30. The minimum Gasteiger partial charge on any atom is -0.445 e. The molecule has 0 bridgehead atoms. The van der Waals surface area contributed by atoms with Gasteiger partial charge in [0.05, 0.1) is 6.61 Å². The second-order valence-corrected chi connectivity index (χ2v) is 3.72. The predicted octanol–water partition coefficient (Wildman–Crippen LogP) is 0.735. The van der Waals surface area contributed by atoms with Gasteiger partial charge in [0, 0.05) is 6.04 Å². The van der Waals surface area contributed by atoms with Gasteiger partial charge in [0.1, 0.15) is 13.2 Å². The first-order chi connectivity index (χ1) is 8.52. The Morgan fingerprint density at radius 3 is 2.39 bits per heavy atom. The van der Waals surface area contributed by atoms with Gasteiger partial charge in [0.15, 0.2) is 0 Å². The molecular formula is C12H20N2O4. The molecule has 102 valence electrons. The number of allylic oxidation sites excluding steroid dienone is 2. The van der Waals surface area contributed by atoms with Gasteiger partial charge in [-0.25, -0.2) is 4.79 Å². The van der Waals surface area contributed by atoms with Crippen molar-refractivity contribution in [3.8, 4) is 0 Å². The number of ether oxygens (including phenoxy) is 2. The number of hydrogen-bond donors (Lipinski definition) is 2. The summed E-state index contributed by atoms with van der Waals surface area (Å²) < 4.78 is 9.57. The largest absolute Gasteiger partial charge is 0.445 e. The molecule has 18 heavy (non-hydrogen) atoms. The molecule has 0 rings (SSSR count). The van der Waals surface area contributed by atoms with Crippen LogP contribution in [-0.4, -0.2) is 37.9 Å². The van der Waals surface area contributed by atoms with Crippen LogP contribution in [0.4, 0.5) is 4.79 Å². The van der Waals surface area contributed by atoms with Crippen LogP contribution in [-0.2, 0) is 14.3 Å². The van der Waals surface area contributed by atoms with Gasteiger partial charge in [0.25, 0.3) is 0 Å². The van der Waals surface area contributed by atoms with Crippen LogP contribution in [0.25, 0.3) is 0 Å². The Hall–Kier alpha value is -1.82. The van der Waals surface area contributed by atoms with Gasteiger partial charge in [-0.1, -0.05) is 18.2 Å². The summed E-state index contributed by atoms with van der Waals surface area (Å²) in [6, 6.07) is 0.116. The topological polar surface area (TPSA) is 90.7 Å². The van der Waals surface area contributed by atoms with Gasteiger partial charge in [-0.3, -0.25) is 4.79 Å². The summed E-state index contributed by atoms with van der Waals surface area (Å²) in [5.41, 5.74) is 4.76. The van der Waals surface area contributed by atoms with Crippen LogP contribution in [0.15, 0.2) is 24.3 Å². The highest BCUT2D eigenvalue weighted by Gasteiger charge is 2.01. The van der Waals surface area contributed by atoms with Gasteiger partial charge in [-0.05, 0) is 19.9 Å². The monoisotopic (exact) mass is 256 g/mol. The molecule has 0 atom stereocenters. The van der Waals surface area contributed by atoms with Crippen LogP contribution < -0.4 is 11.1 Å². The summed E-state index contributed by atoms with van der Waals surface area (Å²) in [5, 5.41) is 2.71. The predicted molar refractivity (Wildman–Crippen MR) is 67.9 cm³/mol. The highest BCUT2D eigenvalue weighted by molar-refractivity contribution is 5.77. The summed E-state index contributed by atoms with van der Waals surface area (Å²) in [6.45, 7) is 4.29. The summed E-state index contributed by atoms with van der Waals surface area (Å²) in [4.78, 5) is 21.4. The smallest absolute Gasteiger partial charge is 0.404 e. The van der Waals surface area contributed by atoms with Crippen LogP contribution in [0.1, 0.15) is 13.8 Å². The lowest BCUT2D eigenvalue weighted by Gasteiger charge is -2.07. The average Bonchev–Trinajstić information content (AvgIpc) is 2.25. The fourth-order valence-electron chi connectivity index (χ4n) is 0.982. The normalized spacial score (nSPS) is 11.3. The first kappa shape index (κ1) is 16.2. The molecule has 0 aromatic carbocycles. The molecule has 0 aliphatic heterocycles. The van der Waals surface area contributed by atoms with Crippen LogP contribution in [0.2, 0.25) is 0 Å². The minimum absolute atomic E-state index is 0.0387. The average molecular weight is 256 g/mol. The third-order valence-electron chi connectivity index (χ3n) is 1.60. The molecule has 3 N–H and O–H groups in total. The lowest BCUT2D eigenvalue weighted by molar-refractivity contribution is -0.125. The van der Waals surface area contributed by atoms with Gasteiger partial charge in [-0.15, -0.1) is 0 Å². The first-order valence-corrected chi connectivity index (χ1v) is 5.63. The van der Waals surface area contributed by atoms with E-state index in [1.54, 1.807) is 24.3 Å². The molecule has 0 fully saturated rings. The van der Waals surface area contributed by atoms with E-state index in [0.29, 0.717) is 6.61 Å². The Morgan fingerprint density at radius 2 is 1.83 bits per heavy atom. The van der Waals surface area contributed by atoms with Crippen LogP contribution in [0.3, 0.4) is 0 Å². The van der Waals surface area contributed by atoms with E-state index in [9.17, 15) is 9.59 Å². The fraction of sp³-hybridized carbons (Fsp3) is 0.500. The van der Waals surface area contributed by atoms with Crippen molar-refractivity contribution in [1.29, 1.82) is 0 Å². The Labute approximate surface area is 107 Å². The van der Waals surface area contributed by atoms with Gasteiger partial charge in [-0.2, -0.15) is 0 Å². The highest BCUT2D eigenvalue weighted by atomic mass is 16.5. The number of rotatable bonds is 8. The van der Waals surface area contributed by atoms with Crippen molar-refractivity contribution in [3.05, 3.63) is 24.3 Å². The molecule has 6 heteroatoms. The molecular weight excluding hydrogens is 236 g/mol. The van der Waals surface area contributed by atoms with Crippen molar-refractivity contribution in [2.45, 2.75) is 19.9 Å². The zero-order valence-corrected chi connectivity index (χ0v) is 10.7. The number of hydrogen-bond acceptors (Lipinski definition) is 4. The SMILES string of the molecule is CC(C)NC(=O)COC/C=C/C=C/COC(N)=O. The van der Waals surface area contributed by atoms with Crippen molar-refractivity contribution in [2.24, 2.45) is 5.73 Å². The van der Waals surface area contributed by atoms with E-state index in [-0.39, 0.29) is 25.2 Å². The molecule has 0 saturated heterocycles. The summed E-state index contributed by atoms with van der Waals surface area (Å²) in [5.74, 6) is -0.135. The molecule has 6 nitrogen and oxygen atoms in total. The molecule has 0 saturated carbocycles. The van der Waals surface area contributed by atoms with E-state index < -0.39 is 6.09 Å². The number of carbonyl (C=O) groups excluding carboxylic acids is 2. The number of primary amides is 1. The van der Waals surface area contributed by atoms with Crippen molar-refractivity contribution < 1.29 is 19.1 Å². The van der Waals surface area contributed by atoms with Gasteiger partial charge >= 0.3 is 6.09 Å². The van der Waals surface area contributed by atoms with E-state index in [0.717, 1.165) is 0 Å². The van der Waals surface area contributed by atoms with E-state index in [1.165, 1.54) is 0 Å². The molecule has 0 aliphatic rings. The zero-order valence-electron chi connectivity index (χ0n) is 10.7. The molecule has 2 amide bonds. The third-order valence-corrected chi connectivity index (χ3v) is 1.60. The maximum absolute atomic E-state index is 11.2. The number of amides is 2. The zero-order chi connectivity index (χ0) is 13.8. The number of nitrogens with one attached hydrogen (secondary N) is 1. The summed E-state index contributed by atoms with van der Waals surface area (Å²) in [7, 11) is 0. The second-order valence-electron chi connectivity index (χ2n) is 3.72. The van der Waals surface area contributed by atoms with Crippen LogP contribution in [0, 0.1) is 0 Å². The van der Waals surface area contributed by atoms with Gasteiger partial charge in [0.2, 0.25) is 5.91 Å². The van der Waals surface area contributed by atoms with Crippen molar-refractivity contribution in [3.63, 3.8) is 0 Å². The molecule has 0 unspecified atom stereocenters. The first-order valence-electron chi connectivity index (χ1n) is 5.63. The van der Waals surface area contributed by atoms with E-state index >= 15 is 0 Å². The van der Waals surface area contributed by atoms with Crippen LogP contribution >= 0.6 is 0 Å². The minimum atomic E-state index is -0.803. The standard InChI is InChI=1S/C12H20N2O4/c1-10(2)14-11(15)9-17-7-5-3-4-6-8-18-12(13)16/h3-6,10H,7-9H2,1-2H3,(H2,13,16)(H,14,15)/b5-3+,6-4+. The molecule has 0 aliphatic carbocycles. The highest BCUT2D eigenvalue weighted by Crippen LogP contribution is 1.84. The van der Waals surface area contributed by atoms with E-state index in [4.69, 9.17) is 10.5 Å². The quantitative estimate of drug-likeness (QED) is 0.495. The van der Waals surface area contributed by atoms with E-state index in [2.05, 4.69) is 10.1 Å². The number of carbonyl (C=O) groups is 2. The fourth-order valence-corrected chi connectivity index (χ4v) is 0.982. The van der Waals surface area contributed by atoms with Crippen molar-refractivity contribution >= 4 is 12.0 Å². The van der Waals surface area contributed by atoms with Crippen molar-refractivity contribution in [2.75, 3.05) is 19.8 Å².